The molecule has 0 heterocycles. The van der Waals surface area contributed by atoms with E-state index in [9.17, 15) is 9.65 Å². The number of hydrogen-bond donors (Lipinski definition) is 0. The molecule has 0 saturated carbocycles. The fraction of sp³-hybridized carbons (Fsp3) is 0.188. The molecule has 2 aromatic carbocycles. The molecule has 2 aromatic rings. The summed E-state index contributed by atoms with van der Waals surface area (Å²) in [6, 6.07) is 11.4. The van der Waals surface area contributed by atoms with Gasteiger partial charge in [-0.1, -0.05) is 29.3 Å². The third-order valence-corrected chi connectivity index (χ3v) is 3.72. The molecule has 0 aliphatic heterocycles. The smallest absolute Gasteiger partial charge is 0.123 e. The van der Waals surface area contributed by atoms with Crippen LogP contribution in [-0.2, 0) is 6.42 Å². The molecule has 0 fully saturated rings. The van der Waals surface area contributed by atoms with Crippen molar-refractivity contribution in [3.63, 3.8) is 0 Å². The second-order valence-corrected chi connectivity index (χ2v) is 5.35. The van der Waals surface area contributed by atoms with Gasteiger partial charge in [0.2, 0.25) is 0 Å². The van der Waals surface area contributed by atoms with Gasteiger partial charge >= 0.3 is 0 Å². The maximum absolute atomic E-state index is 13.4. The van der Waals surface area contributed by atoms with Crippen LogP contribution in [0.25, 0.3) is 0 Å². The fourth-order valence-corrected chi connectivity index (χ4v) is 2.68. The molecule has 0 aliphatic carbocycles. The van der Waals surface area contributed by atoms with Gasteiger partial charge in [-0.25, -0.2) is 4.39 Å². The highest BCUT2D eigenvalue weighted by Crippen LogP contribution is 2.32. The van der Waals surface area contributed by atoms with Crippen LogP contribution in [0.4, 0.5) is 4.39 Å². The molecule has 0 amide bonds. The molecule has 108 valence electrons. The van der Waals surface area contributed by atoms with Crippen molar-refractivity contribution in [1.29, 1.82) is 5.26 Å². The van der Waals surface area contributed by atoms with Crippen LogP contribution in [0.2, 0.25) is 10.0 Å². The van der Waals surface area contributed by atoms with Crippen molar-refractivity contribution in [3.05, 3.63) is 63.4 Å². The van der Waals surface area contributed by atoms with Crippen LogP contribution in [0, 0.1) is 17.1 Å². The summed E-state index contributed by atoms with van der Waals surface area (Å²) in [5.74, 6) is -0.336. The lowest BCUT2D eigenvalue weighted by Crippen LogP contribution is -2.03. The predicted octanol–water partition coefficient (Wildman–Crippen LogP) is 4.99. The van der Waals surface area contributed by atoms with Gasteiger partial charge < -0.3 is 4.74 Å². The molecule has 2 rings (SSSR count). The monoisotopic (exact) mass is 323 g/mol. The molecule has 0 aliphatic rings. The maximum Gasteiger partial charge on any atom is 0.123 e. The molecule has 1 unspecified atom stereocenters. The molecule has 0 radical (unpaired) electrons. The largest absolute Gasteiger partial charge is 0.496 e. The zero-order chi connectivity index (χ0) is 15.4. The first-order valence-electron chi connectivity index (χ1n) is 6.22. The van der Waals surface area contributed by atoms with E-state index in [4.69, 9.17) is 27.9 Å². The summed E-state index contributed by atoms with van der Waals surface area (Å²) in [7, 11) is 1.51. The highest BCUT2D eigenvalue weighted by atomic mass is 35.5. The number of hydrogen-bond acceptors (Lipinski definition) is 2. The molecule has 5 heteroatoms. The van der Waals surface area contributed by atoms with Crippen molar-refractivity contribution < 1.29 is 9.13 Å². The summed E-state index contributed by atoms with van der Waals surface area (Å²) in [6.07, 6.45) is 0.304. The molecule has 0 saturated heterocycles. The minimum atomic E-state index is -0.509. The summed E-state index contributed by atoms with van der Waals surface area (Å²) in [6.45, 7) is 0. The Bertz CT molecular complexity index is 697. The average Bonchev–Trinajstić information content (AvgIpc) is 2.45. The van der Waals surface area contributed by atoms with Gasteiger partial charge in [-0.05, 0) is 47.9 Å². The van der Waals surface area contributed by atoms with Gasteiger partial charge in [-0.3, -0.25) is 0 Å². The van der Waals surface area contributed by atoms with E-state index in [0.29, 0.717) is 33.3 Å². The molecule has 0 bridgehead atoms. The second kappa shape index (κ2) is 6.80. The highest BCUT2D eigenvalue weighted by Gasteiger charge is 2.18. The minimum absolute atomic E-state index is 0.304. The van der Waals surface area contributed by atoms with Gasteiger partial charge in [0, 0.05) is 10.0 Å². The van der Waals surface area contributed by atoms with Gasteiger partial charge in [-0.2, -0.15) is 5.26 Å². The van der Waals surface area contributed by atoms with Crippen LogP contribution in [0.3, 0.4) is 0 Å². The average molecular weight is 324 g/mol. The lowest BCUT2D eigenvalue weighted by atomic mass is 9.92. The molecular weight excluding hydrogens is 312 g/mol. The van der Waals surface area contributed by atoms with Crippen LogP contribution in [0.1, 0.15) is 17.0 Å². The van der Waals surface area contributed by atoms with Crippen LogP contribution >= 0.6 is 23.2 Å². The van der Waals surface area contributed by atoms with Crippen LogP contribution in [0.15, 0.2) is 36.4 Å². The first-order valence-corrected chi connectivity index (χ1v) is 6.97. The molecule has 0 aromatic heterocycles. The van der Waals surface area contributed by atoms with Gasteiger partial charge in [0.15, 0.2) is 0 Å². The quantitative estimate of drug-likeness (QED) is 0.794. The Morgan fingerprint density at radius 2 is 2.00 bits per heavy atom. The zero-order valence-corrected chi connectivity index (χ0v) is 12.7. The molecule has 1 atom stereocenters. The number of nitrogens with zero attached hydrogens (tertiary/aromatic N) is 1. The normalized spacial score (nSPS) is 11.8. The first-order chi connectivity index (χ1) is 10.0. The Morgan fingerprint density at radius 3 is 2.62 bits per heavy atom. The van der Waals surface area contributed by atoms with E-state index < -0.39 is 5.92 Å². The molecule has 21 heavy (non-hydrogen) atoms. The van der Waals surface area contributed by atoms with E-state index in [1.165, 1.54) is 19.2 Å². The van der Waals surface area contributed by atoms with Crippen LogP contribution < -0.4 is 4.74 Å². The van der Waals surface area contributed by atoms with Crippen molar-refractivity contribution in [3.8, 4) is 11.8 Å². The van der Waals surface area contributed by atoms with E-state index in [1.54, 1.807) is 24.3 Å². The van der Waals surface area contributed by atoms with Crippen molar-refractivity contribution in [2.75, 3.05) is 7.11 Å². The van der Waals surface area contributed by atoms with Crippen molar-refractivity contribution in [2.24, 2.45) is 0 Å². The van der Waals surface area contributed by atoms with E-state index in [1.807, 2.05) is 0 Å². The Kier molecular flexibility index (Phi) is 5.06. The number of benzene rings is 2. The summed E-state index contributed by atoms with van der Waals surface area (Å²) in [5, 5.41) is 10.3. The third kappa shape index (κ3) is 3.66. The number of nitriles is 1. The second-order valence-electron chi connectivity index (χ2n) is 4.51. The van der Waals surface area contributed by atoms with E-state index >= 15 is 0 Å². The van der Waals surface area contributed by atoms with Crippen molar-refractivity contribution >= 4 is 23.2 Å². The Balaban J connectivity index is 2.36. The predicted molar refractivity (Wildman–Crippen MR) is 81.5 cm³/mol. The van der Waals surface area contributed by atoms with E-state index in [2.05, 4.69) is 6.07 Å². The van der Waals surface area contributed by atoms with Crippen molar-refractivity contribution in [1.82, 2.24) is 0 Å². The number of rotatable bonds is 4. The molecule has 2 nitrogen and oxygen atoms in total. The zero-order valence-electron chi connectivity index (χ0n) is 11.2. The van der Waals surface area contributed by atoms with Crippen LogP contribution in [0.5, 0.6) is 5.75 Å². The van der Waals surface area contributed by atoms with Gasteiger partial charge in [-0.15, -0.1) is 0 Å². The molecule has 0 N–H and O–H groups in total. The number of ether oxygens (including phenoxy) is 1. The number of halogens is 3. The van der Waals surface area contributed by atoms with E-state index in [0.717, 1.165) is 0 Å². The summed E-state index contributed by atoms with van der Waals surface area (Å²) in [4.78, 5) is 0. The standard InChI is InChI=1S/C16H12Cl2FNO/c1-21-16-5-3-13(19)7-10(16)6-11(9-20)14-4-2-12(17)8-15(14)18/h2-5,7-8,11H,6H2,1H3. The Hall–Kier alpha value is -1.76. The maximum atomic E-state index is 13.4. The Morgan fingerprint density at radius 1 is 1.24 bits per heavy atom. The van der Waals surface area contributed by atoms with Gasteiger partial charge in [0.25, 0.3) is 0 Å². The van der Waals surface area contributed by atoms with Gasteiger partial charge in [0.1, 0.15) is 11.6 Å². The third-order valence-electron chi connectivity index (χ3n) is 3.16. The fourth-order valence-electron chi connectivity index (χ4n) is 2.14. The summed E-state index contributed by atoms with van der Waals surface area (Å²) >= 11 is 12.0. The lowest BCUT2D eigenvalue weighted by molar-refractivity contribution is 0.407. The van der Waals surface area contributed by atoms with Crippen LogP contribution in [-0.4, -0.2) is 7.11 Å². The topological polar surface area (TPSA) is 33.0 Å². The van der Waals surface area contributed by atoms with Crippen molar-refractivity contribution in [2.45, 2.75) is 12.3 Å². The highest BCUT2D eigenvalue weighted by molar-refractivity contribution is 6.35. The molecular formula is C16H12Cl2FNO. The van der Waals surface area contributed by atoms with Gasteiger partial charge in [0.05, 0.1) is 19.1 Å². The first kappa shape index (κ1) is 15.6. The summed E-state index contributed by atoms with van der Waals surface area (Å²) in [5.41, 5.74) is 1.28. The number of methoxy groups -OCH3 is 1. The van der Waals surface area contributed by atoms with E-state index in [-0.39, 0.29) is 5.82 Å². The Labute approximate surface area is 132 Å². The minimum Gasteiger partial charge on any atom is -0.496 e. The lowest BCUT2D eigenvalue weighted by Gasteiger charge is -2.14. The molecule has 0 spiro atoms. The summed E-state index contributed by atoms with van der Waals surface area (Å²) < 4.78 is 18.6. The SMILES string of the molecule is COc1ccc(F)cc1CC(C#N)c1ccc(Cl)cc1Cl.